The molecule has 0 spiro atoms. The lowest BCUT2D eigenvalue weighted by Crippen LogP contribution is -2.38. The molecule has 2 unspecified atom stereocenters. The van der Waals surface area contributed by atoms with Crippen molar-refractivity contribution in [2.75, 3.05) is 12.3 Å². The number of nitrogens with two attached hydrogens (primary N) is 1. The summed E-state index contributed by atoms with van der Waals surface area (Å²) in [7, 11) is 0. The van der Waals surface area contributed by atoms with Crippen molar-refractivity contribution in [1.82, 2.24) is 9.97 Å². The molecule has 1 aromatic heterocycles. The van der Waals surface area contributed by atoms with Crippen LogP contribution in [0.25, 0.3) is 10.9 Å². The largest absolute Gasteiger partial charge is 0.383 e. The molecule has 1 aromatic carbocycles. The second kappa shape index (κ2) is 5.30. The van der Waals surface area contributed by atoms with Gasteiger partial charge in [-0.15, -0.1) is 0 Å². The molecule has 0 fully saturated rings. The number of nitrogen functional groups attached to an aromatic ring is 1. The van der Waals surface area contributed by atoms with E-state index in [1.807, 2.05) is 49.4 Å². The molecule has 108 valence electrons. The summed E-state index contributed by atoms with van der Waals surface area (Å²) in [5.74, 6) is 1.20. The number of anilines is 1. The van der Waals surface area contributed by atoms with E-state index in [1.54, 1.807) is 0 Å². The van der Waals surface area contributed by atoms with Crippen molar-refractivity contribution in [3.8, 4) is 0 Å². The summed E-state index contributed by atoms with van der Waals surface area (Å²) in [6.45, 7) is 4.71. The second-order valence-electron chi connectivity index (χ2n) is 5.35. The van der Waals surface area contributed by atoms with E-state index in [9.17, 15) is 0 Å². The maximum absolute atomic E-state index is 6.11. The van der Waals surface area contributed by atoms with Gasteiger partial charge in [0.25, 0.3) is 0 Å². The van der Waals surface area contributed by atoms with Crippen molar-refractivity contribution in [1.29, 1.82) is 0 Å². The summed E-state index contributed by atoms with van der Waals surface area (Å²) < 4.78 is 5.85. The highest BCUT2D eigenvalue weighted by molar-refractivity contribution is 5.87. The maximum atomic E-state index is 6.11. The first-order chi connectivity index (χ1) is 10.1. The van der Waals surface area contributed by atoms with E-state index in [-0.39, 0.29) is 6.10 Å². The molecule has 1 heterocycles. The molecule has 0 bridgehead atoms. The molecule has 1 aliphatic carbocycles. The van der Waals surface area contributed by atoms with Gasteiger partial charge in [0, 0.05) is 12.0 Å². The van der Waals surface area contributed by atoms with Crippen LogP contribution in [-0.4, -0.2) is 22.7 Å². The number of allylic oxidation sites excluding steroid dienone is 2. The minimum Gasteiger partial charge on any atom is -0.383 e. The number of benzene rings is 1. The Morgan fingerprint density at radius 2 is 2.05 bits per heavy atom. The van der Waals surface area contributed by atoms with Crippen molar-refractivity contribution in [3.05, 3.63) is 54.4 Å². The van der Waals surface area contributed by atoms with Crippen molar-refractivity contribution < 1.29 is 4.74 Å². The van der Waals surface area contributed by atoms with E-state index in [0.29, 0.717) is 18.2 Å². The van der Waals surface area contributed by atoms with Crippen LogP contribution >= 0.6 is 0 Å². The Hall–Kier alpha value is -2.20. The standard InChI is InChI=1S/C17H19N3O/c1-3-21-14-10-6-7-11-17(14,2)16-19-13-9-5-4-8-12(13)15(18)20-16/h4-11,14H,3H2,1-2H3,(H2,18,19,20). The second-order valence-corrected chi connectivity index (χ2v) is 5.35. The number of ether oxygens (including phenoxy) is 1. The van der Waals surface area contributed by atoms with E-state index in [2.05, 4.69) is 18.0 Å². The van der Waals surface area contributed by atoms with E-state index < -0.39 is 5.41 Å². The normalized spacial score (nSPS) is 24.6. The molecule has 2 atom stereocenters. The van der Waals surface area contributed by atoms with Gasteiger partial charge >= 0.3 is 0 Å². The van der Waals surface area contributed by atoms with Gasteiger partial charge in [-0.3, -0.25) is 0 Å². The van der Waals surface area contributed by atoms with Gasteiger partial charge in [0.2, 0.25) is 0 Å². The lowest BCUT2D eigenvalue weighted by atomic mass is 9.80. The summed E-state index contributed by atoms with van der Waals surface area (Å²) in [5.41, 5.74) is 6.55. The van der Waals surface area contributed by atoms with Crippen LogP contribution in [0.3, 0.4) is 0 Å². The van der Waals surface area contributed by atoms with Crippen molar-refractivity contribution >= 4 is 16.7 Å². The molecule has 0 aliphatic heterocycles. The third kappa shape index (κ3) is 2.32. The van der Waals surface area contributed by atoms with E-state index in [4.69, 9.17) is 15.5 Å². The van der Waals surface area contributed by atoms with Gasteiger partial charge in [-0.05, 0) is 26.0 Å². The van der Waals surface area contributed by atoms with Crippen LogP contribution in [0.1, 0.15) is 19.7 Å². The van der Waals surface area contributed by atoms with E-state index in [0.717, 1.165) is 10.9 Å². The van der Waals surface area contributed by atoms with Crippen LogP contribution in [0.2, 0.25) is 0 Å². The minimum absolute atomic E-state index is 0.0898. The predicted molar refractivity (Wildman–Crippen MR) is 85.0 cm³/mol. The lowest BCUT2D eigenvalue weighted by Gasteiger charge is -2.33. The number of hydrogen-bond acceptors (Lipinski definition) is 4. The lowest BCUT2D eigenvalue weighted by molar-refractivity contribution is 0.0542. The number of aromatic nitrogens is 2. The van der Waals surface area contributed by atoms with Gasteiger partial charge < -0.3 is 10.5 Å². The Morgan fingerprint density at radius 3 is 2.86 bits per heavy atom. The van der Waals surface area contributed by atoms with Crippen LogP contribution in [0.5, 0.6) is 0 Å². The van der Waals surface area contributed by atoms with Crippen LogP contribution in [0.15, 0.2) is 48.6 Å². The van der Waals surface area contributed by atoms with Gasteiger partial charge in [0.05, 0.1) is 17.0 Å². The topological polar surface area (TPSA) is 61.0 Å². The quantitative estimate of drug-likeness (QED) is 0.939. The number of nitrogens with zero attached hydrogens (tertiary/aromatic N) is 2. The fourth-order valence-corrected chi connectivity index (χ4v) is 2.67. The summed E-state index contributed by atoms with van der Waals surface area (Å²) in [4.78, 5) is 9.24. The summed E-state index contributed by atoms with van der Waals surface area (Å²) in [5, 5.41) is 0.883. The number of para-hydroxylation sites is 1. The molecule has 0 saturated heterocycles. The SMILES string of the molecule is CCOC1C=CC=CC1(C)c1nc(N)c2ccccc2n1. The maximum Gasteiger partial charge on any atom is 0.144 e. The molecular formula is C17H19N3O. The molecule has 3 rings (SSSR count). The fourth-order valence-electron chi connectivity index (χ4n) is 2.67. The first-order valence-corrected chi connectivity index (χ1v) is 7.15. The Morgan fingerprint density at radius 1 is 1.24 bits per heavy atom. The number of rotatable bonds is 3. The Balaban J connectivity index is 2.14. The van der Waals surface area contributed by atoms with Crippen LogP contribution in [0, 0.1) is 0 Å². The molecule has 4 heteroatoms. The summed E-state index contributed by atoms with van der Waals surface area (Å²) in [6, 6.07) is 7.79. The Labute approximate surface area is 124 Å². The van der Waals surface area contributed by atoms with Crippen molar-refractivity contribution in [2.24, 2.45) is 0 Å². The average molecular weight is 281 g/mol. The zero-order chi connectivity index (χ0) is 14.9. The number of fused-ring (bicyclic) bond motifs is 1. The molecule has 1 aliphatic rings. The molecule has 2 aromatic rings. The van der Waals surface area contributed by atoms with Gasteiger partial charge in [-0.25, -0.2) is 9.97 Å². The van der Waals surface area contributed by atoms with Crippen LogP contribution < -0.4 is 5.73 Å². The monoisotopic (exact) mass is 281 g/mol. The van der Waals surface area contributed by atoms with E-state index in [1.165, 1.54) is 0 Å². The van der Waals surface area contributed by atoms with Crippen LogP contribution in [0.4, 0.5) is 5.82 Å². The zero-order valence-corrected chi connectivity index (χ0v) is 12.3. The molecule has 2 N–H and O–H groups in total. The van der Waals surface area contributed by atoms with Crippen molar-refractivity contribution in [2.45, 2.75) is 25.4 Å². The molecule has 21 heavy (non-hydrogen) atoms. The van der Waals surface area contributed by atoms with E-state index >= 15 is 0 Å². The average Bonchev–Trinajstić information content (AvgIpc) is 2.50. The van der Waals surface area contributed by atoms with Gasteiger partial charge in [0.15, 0.2) is 0 Å². The third-order valence-corrected chi connectivity index (χ3v) is 3.89. The van der Waals surface area contributed by atoms with Crippen LogP contribution in [-0.2, 0) is 10.2 Å². The molecule has 0 amide bonds. The predicted octanol–water partition coefficient (Wildman–Crippen LogP) is 3.00. The Kier molecular flexibility index (Phi) is 3.47. The third-order valence-electron chi connectivity index (χ3n) is 3.89. The molecule has 4 nitrogen and oxygen atoms in total. The fraction of sp³-hybridized carbons (Fsp3) is 0.294. The molecule has 0 saturated carbocycles. The van der Waals surface area contributed by atoms with Gasteiger partial charge in [-0.1, -0.05) is 36.4 Å². The number of hydrogen-bond donors (Lipinski definition) is 1. The highest BCUT2D eigenvalue weighted by atomic mass is 16.5. The zero-order valence-electron chi connectivity index (χ0n) is 12.3. The molecule has 0 radical (unpaired) electrons. The Bertz CT molecular complexity index is 723. The first-order valence-electron chi connectivity index (χ1n) is 7.15. The van der Waals surface area contributed by atoms with Crippen molar-refractivity contribution in [3.63, 3.8) is 0 Å². The highest BCUT2D eigenvalue weighted by Gasteiger charge is 2.37. The first kappa shape index (κ1) is 13.8. The highest BCUT2D eigenvalue weighted by Crippen LogP contribution is 2.34. The minimum atomic E-state index is -0.414. The molecular weight excluding hydrogens is 262 g/mol. The smallest absolute Gasteiger partial charge is 0.144 e. The van der Waals surface area contributed by atoms with Gasteiger partial charge in [-0.2, -0.15) is 0 Å². The van der Waals surface area contributed by atoms with Gasteiger partial charge in [0.1, 0.15) is 11.6 Å². The summed E-state index contributed by atoms with van der Waals surface area (Å²) >= 11 is 0. The summed E-state index contributed by atoms with van der Waals surface area (Å²) in [6.07, 6.45) is 8.03.